The van der Waals surface area contributed by atoms with Crippen LogP contribution < -0.4 is 22.5 Å². The molecule has 1 N–H and O–H groups in total. The zero-order chi connectivity index (χ0) is 31.1. The number of carbonyl (C=O) groups excluding carboxylic acids is 1. The lowest BCUT2D eigenvalue weighted by Gasteiger charge is -2.12. The van der Waals surface area contributed by atoms with Gasteiger partial charge in [0.15, 0.2) is 22.3 Å². The first-order chi connectivity index (χ1) is 19.1. The molecule has 42 heavy (non-hydrogen) atoms. The van der Waals surface area contributed by atoms with Crippen LogP contribution in [0.3, 0.4) is 0 Å². The van der Waals surface area contributed by atoms with Gasteiger partial charge in [-0.1, -0.05) is 0 Å². The molecule has 4 aromatic rings. The van der Waals surface area contributed by atoms with Crippen molar-refractivity contribution in [3.05, 3.63) is 54.3 Å². The maximum Gasteiger partial charge on any atom is 0.336 e. The van der Waals surface area contributed by atoms with Gasteiger partial charge in [-0.3, -0.25) is 18.7 Å². The van der Waals surface area contributed by atoms with E-state index in [0.717, 1.165) is 43.0 Å². The fourth-order valence-corrected chi connectivity index (χ4v) is 3.81. The summed E-state index contributed by atoms with van der Waals surface area (Å²) in [5.74, 6) is -1.94. The van der Waals surface area contributed by atoms with Gasteiger partial charge in [0.05, 0.1) is 19.8 Å². The maximum absolute atomic E-state index is 13.0. The van der Waals surface area contributed by atoms with E-state index in [1.165, 1.54) is 13.8 Å². The molecular weight excluding hydrogens is 604 g/mol. The SMILES string of the molecule is COC(=O)[C@H](C)n1cnc2c1c(=O)n(C)c(=O)n2C(F)F.C[C@@H](C(=O)O)n1cnc2c1c(=O)n(C)c(=O)n2C(F)F.Cl. The smallest absolute Gasteiger partial charge is 0.336 e. The molecule has 0 saturated carbocycles. The van der Waals surface area contributed by atoms with Crippen molar-refractivity contribution in [2.75, 3.05) is 7.11 Å². The van der Waals surface area contributed by atoms with Gasteiger partial charge < -0.3 is 19.0 Å². The Balaban J connectivity index is 0.000000287. The highest BCUT2D eigenvalue weighted by atomic mass is 35.5. The highest BCUT2D eigenvalue weighted by Crippen LogP contribution is 2.19. The number of esters is 1. The van der Waals surface area contributed by atoms with Crippen molar-refractivity contribution in [1.82, 2.24) is 37.4 Å². The minimum Gasteiger partial charge on any atom is -0.480 e. The second-order valence-corrected chi connectivity index (χ2v) is 8.45. The van der Waals surface area contributed by atoms with Gasteiger partial charge >= 0.3 is 36.4 Å². The molecule has 2 atom stereocenters. The average molecular weight is 627 g/mol. The second-order valence-electron chi connectivity index (χ2n) is 8.45. The number of hydrogen-bond acceptors (Lipinski definition) is 9. The van der Waals surface area contributed by atoms with Crippen molar-refractivity contribution < 1.29 is 37.0 Å². The lowest BCUT2D eigenvalue weighted by molar-refractivity contribution is -0.144. The van der Waals surface area contributed by atoms with Crippen LogP contribution in [0.4, 0.5) is 17.6 Å². The van der Waals surface area contributed by atoms with E-state index in [0.29, 0.717) is 9.13 Å². The number of ether oxygens (including phenoxy) is 1. The van der Waals surface area contributed by atoms with Crippen LogP contribution in [0.25, 0.3) is 22.3 Å². The van der Waals surface area contributed by atoms with E-state index in [1.54, 1.807) is 0 Å². The molecule has 16 nitrogen and oxygen atoms in total. The van der Waals surface area contributed by atoms with Crippen LogP contribution in [0.15, 0.2) is 31.8 Å². The number of carboxylic acids is 1. The largest absolute Gasteiger partial charge is 0.480 e. The van der Waals surface area contributed by atoms with E-state index < -0.39 is 70.9 Å². The third-order valence-corrected chi connectivity index (χ3v) is 6.13. The van der Waals surface area contributed by atoms with E-state index >= 15 is 0 Å². The molecule has 4 rings (SSSR count). The number of halogens is 5. The molecule has 0 unspecified atom stereocenters. The molecule has 0 aliphatic carbocycles. The standard InChI is InChI=1S/C11H12F2N4O4.C10H10F2N4O4.ClH/c1-5(9(19)21-3)16-4-14-7-6(16)8(18)15(2)11(20)17(7)10(12)13;1-4(8(18)19)15-3-13-6-5(15)7(17)14(2)10(20)16(6)9(11)12;/h4-5,10H,1-3H3;3-4,9H,1-2H3,(H,18,19);1H/t5-;4-;/m00./s1. The molecule has 21 heteroatoms. The number of nitrogens with zero attached hydrogens (tertiary/aromatic N) is 8. The van der Waals surface area contributed by atoms with Gasteiger partial charge in [-0.25, -0.2) is 38.3 Å². The van der Waals surface area contributed by atoms with Gasteiger partial charge in [0.1, 0.15) is 12.1 Å². The van der Waals surface area contributed by atoms with E-state index in [4.69, 9.17) is 5.11 Å². The van der Waals surface area contributed by atoms with Crippen LogP contribution >= 0.6 is 12.4 Å². The van der Waals surface area contributed by atoms with Gasteiger partial charge in [-0.2, -0.15) is 17.6 Å². The van der Waals surface area contributed by atoms with Crippen molar-refractivity contribution in [1.29, 1.82) is 0 Å². The third-order valence-electron chi connectivity index (χ3n) is 6.13. The predicted molar refractivity (Wildman–Crippen MR) is 137 cm³/mol. The molecule has 4 heterocycles. The Bertz CT molecular complexity index is 1900. The van der Waals surface area contributed by atoms with Crippen molar-refractivity contribution in [2.24, 2.45) is 14.1 Å². The molecule has 0 saturated heterocycles. The summed E-state index contributed by atoms with van der Waals surface area (Å²) in [6.45, 7) is -3.67. The summed E-state index contributed by atoms with van der Waals surface area (Å²) >= 11 is 0. The fourth-order valence-electron chi connectivity index (χ4n) is 3.81. The van der Waals surface area contributed by atoms with Crippen LogP contribution in [0.2, 0.25) is 0 Å². The summed E-state index contributed by atoms with van der Waals surface area (Å²) in [5.41, 5.74) is -5.75. The van der Waals surface area contributed by atoms with Crippen molar-refractivity contribution >= 4 is 46.7 Å². The first kappa shape index (κ1) is 33.5. The van der Waals surface area contributed by atoms with Crippen molar-refractivity contribution in [2.45, 2.75) is 39.0 Å². The Kier molecular flexibility index (Phi) is 9.88. The number of carboxylic acid groups (broad SMARTS) is 1. The Morgan fingerprint density at radius 3 is 1.45 bits per heavy atom. The number of carbonyl (C=O) groups is 2. The minimum absolute atomic E-state index is 0. The third kappa shape index (κ3) is 5.43. The molecule has 0 bridgehead atoms. The van der Waals surface area contributed by atoms with Gasteiger partial charge in [0.25, 0.3) is 11.1 Å². The number of rotatable bonds is 6. The highest BCUT2D eigenvalue weighted by Gasteiger charge is 2.26. The summed E-state index contributed by atoms with van der Waals surface area (Å²) in [4.78, 5) is 77.2. The van der Waals surface area contributed by atoms with E-state index in [2.05, 4.69) is 14.7 Å². The van der Waals surface area contributed by atoms with Crippen LogP contribution in [-0.4, -0.2) is 61.5 Å². The molecule has 0 fully saturated rings. The molecule has 230 valence electrons. The van der Waals surface area contributed by atoms with Crippen LogP contribution in [0.1, 0.15) is 39.0 Å². The lowest BCUT2D eigenvalue weighted by Crippen LogP contribution is -2.39. The zero-order valence-corrected chi connectivity index (χ0v) is 23.1. The van der Waals surface area contributed by atoms with Gasteiger partial charge in [0, 0.05) is 14.1 Å². The molecular formula is C21H23ClF4N8O8. The summed E-state index contributed by atoms with van der Waals surface area (Å²) < 4.78 is 59.6. The quantitative estimate of drug-likeness (QED) is 0.232. The van der Waals surface area contributed by atoms with E-state index in [1.807, 2.05) is 0 Å². The molecule has 0 radical (unpaired) electrons. The minimum atomic E-state index is -3.19. The summed E-state index contributed by atoms with van der Waals surface area (Å²) in [7, 11) is 3.26. The van der Waals surface area contributed by atoms with Gasteiger partial charge in [0.2, 0.25) is 0 Å². The number of hydrogen-bond donors (Lipinski definition) is 1. The van der Waals surface area contributed by atoms with Gasteiger partial charge in [-0.15, -0.1) is 12.4 Å². The Hall–Kier alpha value is -4.75. The average Bonchev–Trinajstić information content (AvgIpc) is 3.54. The maximum atomic E-state index is 13.0. The number of fused-ring (bicyclic) bond motifs is 2. The van der Waals surface area contributed by atoms with Crippen LogP contribution in [0.5, 0.6) is 0 Å². The number of aliphatic carboxylic acids is 1. The summed E-state index contributed by atoms with van der Waals surface area (Å²) in [5, 5.41) is 8.93. The molecule has 4 aromatic heterocycles. The highest BCUT2D eigenvalue weighted by molar-refractivity contribution is 5.85. The molecule has 0 aliphatic rings. The number of alkyl halides is 4. The topological polar surface area (TPSA) is 187 Å². The van der Waals surface area contributed by atoms with Crippen molar-refractivity contribution in [3.8, 4) is 0 Å². The van der Waals surface area contributed by atoms with Crippen LogP contribution in [0, 0.1) is 0 Å². The van der Waals surface area contributed by atoms with Gasteiger partial charge in [-0.05, 0) is 13.8 Å². The fraction of sp³-hybridized carbons (Fsp3) is 0.429. The summed E-state index contributed by atoms with van der Waals surface area (Å²) in [6, 6.07) is -2.13. The first-order valence-corrected chi connectivity index (χ1v) is 11.3. The number of aromatic nitrogens is 8. The number of methoxy groups -OCH3 is 1. The molecule has 0 aliphatic heterocycles. The Labute approximate surface area is 236 Å². The Morgan fingerprint density at radius 2 is 1.14 bits per heavy atom. The normalized spacial score (nSPS) is 12.6. The molecule has 0 amide bonds. The molecule has 0 aromatic carbocycles. The molecule has 0 spiro atoms. The van der Waals surface area contributed by atoms with Crippen molar-refractivity contribution in [3.63, 3.8) is 0 Å². The monoisotopic (exact) mass is 626 g/mol. The first-order valence-electron chi connectivity index (χ1n) is 11.3. The van der Waals surface area contributed by atoms with E-state index in [-0.39, 0.29) is 32.6 Å². The summed E-state index contributed by atoms with van der Waals surface area (Å²) in [6.07, 6.45) is 2.00. The number of imidazole rings is 2. The predicted octanol–water partition coefficient (Wildman–Crippen LogP) is 0.385. The Morgan fingerprint density at radius 1 is 0.786 bits per heavy atom. The zero-order valence-electron chi connectivity index (χ0n) is 22.3. The second kappa shape index (κ2) is 12.4. The lowest BCUT2D eigenvalue weighted by atomic mass is 10.3. The van der Waals surface area contributed by atoms with E-state index in [9.17, 15) is 46.3 Å². The van der Waals surface area contributed by atoms with Crippen LogP contribution in [-0.2, 0) is 28.4 Å².